The van der Waals surface area contributed by atoms with Gasteiger partial charge in [0, 0.05) is 16.1 Å². The van der Waals surface area contributed by atoms with Gasteiger partial charge in [-0.3, -0.25) is 4.79 Å². The molecule has 0 spiro atoms. The minimum absolute atomic E-state index is 0.00660. The fraction of sp³-hybridized carbons (Fsp3) is 0.417. The Hall–Kier alpha value is -1.02. The van der Waals surface area contributed by atoms with Gasteiger partial charge < -0.3 is 5.32 Å². The van der Waals surface area contributed by atoms with E-state index in [1.165, 1.54) is 0 Å². The summed E-state index contributed by atoms with van der Waals surface area (Å²) in [4.78, 5) is 11.7. The fourth-order valence-electron chi connectivity index (χ4n) is 1.04. The Morgan fingerprint density at radius 3 is 2.47 bits per heavy atom. The number of anilines is 1. The maximum atomic E-state index is 11.7. The van der Waals surface area contributed by atoms with Crippen LogP contribution in [-0.2, 0) is 4.79 Å². The molecule has 0 bridgehead atoms. The van der Waals surface area contributed by atoms with Crippen LogP contribution in [0.5, 0.6) is 0 Å². The van der Waals surface area contributed by atoms with Crippen molar-refractivity contribution >= 4 is 23.2 Å². The van der Waals surface area contributed by atoms with E-state index < -0.39 is 5.41 Å². The third kappa shape index (κ3) is 3.24. The lowest BCUT2D eigenvalue weighted by Crippen LogP contribution is -2.27. The fourth-order valence-corrected chi connectivity index (χ4v) is 1.21. The van der Waals surface area contributed by atoms with Crippen LogP contribution in [0.1, 0.15) is 26.3 Å². The first kappa shape index (κ1) is 12.1. The van der Waals surface area contributed by atoms with Crippen molar-refractivity contribution < 1.29 is 4.79 Å². The first-order valence-corrected chi connectivity index (χ1v) is 5.26. The molecule has 0 aliphatic heterocycles. The molecule has 0 aliphatic carbocycles. The number of benzene rings is 1. The normalized spacial score (nSPS) is 11.3. The first-order chi connectivity index (χ1) is 6.80. The Bertz CT molecular complexity index is 380. The molecule has 0 saturated heterocycles. The van der Waals surface area contributed by atoms with Crippen molar-refractivity contribution in [3.8, 4) is 0 Å². The summed E-state index contributed by atoms with van der Waals surface area (Å²) >= 11 is 5.86. The summed E-state index contributed by atoms with van der Waals surface area (Å²) in [6, 6.07) is 5.46. The van der Waals surface area contributed by atoms with Gasteiger partial charge in [-0.2, -0.15) is 0 Å². The molecule has 1 aromatic carbocycles. The van der Waals surface area contributed by atoms with Crippen molar-refractivity contribution in [1.29, 1.82) is 0 Å². The van der Waals surface area contributed by atoms with Gasteiger partial charge in [0.25, 0.3) is 0 Å². The maximum Gasteiger partial charge on any atom is 0.229 e. The second kappa shape index (κ2) is 4.23. The molecule has 0 saturated carbocycles. The Morgan fingerprint density at radius 1 is 1.33 bits per heavy atom. The van der Waals surface area contributed by atoms with Gasteiger partial charge in [-0.15, -0.1) is 0 Å². The summed E-state index contributed by atoms with van der Waals surface area (Å²) < 4.78 is 0. The molecule has 2 nitrogen and oxygen atoms in total. The predicted octanol–water partition coefficient (Wildman–Crippen LogP) is 3.63. The summed E-state index contributed by atoms with van der Waals surface area (Å²) in [6.45, 7) is 7.57. The summed E-state index contributed by atoms with van der Waals surface area (Å²) in [6.07, 6.45) is 0. The van der Waals surface area contributed by atoms with E-state index >= 15 is 0 Å². The minimum Gasteiger partial charge on any atom is -0.325 e. The molecule has 0 atom stereocenters. The van der Waals surface area contributed by atoms with Crippen LogP contribution in [0.2, 0.25) is 5.02 Å². The Labute approximate surface area is 95.6 Å². The van der Waals surface area contributed by atoms with Gasteiger partial charge in [0.1, 0.15) is 0 Å². The van der Waals surface area contributed by atoms with Crippen LogP contribution in [-0.4, -0.2) is 5.91 Å². The number of carbonyl (C=O) groups is 1. The van der Waals surface area contributed by atoms with Crippen LogP contribution in [0.25, 0.3) is 0 Å². The highest BCUT2D eigenvalue weighted by Crippen LogP contribution is 2.23. The summed E-state index contributed by atoms with van der Waals surface area (Å²) in [5.74, 6) is -0.00660. The maximum absolute atomic E-state index is 11.7. The number of hydrogen-bond donors (Lipinski definition) is 1. The Balaban J connectivity index is 2.90. The van der Waals surface area contributed by atoms with Gasteiger partial charge in [-0.05, 0) is 24.6 Å². The first-order valence-electron chi connectivity index (χ1n) is 4.88. The lowest BCUT2D eigenvalue weighted by atomic mass is 9.95. The van der Waals surface area contributed by atoms with E-state index in [0.717, 1.165) is 11.3 Å². The molecule has 0 unspecified atom stereocenters. The van der Waals surface area contributed by atoms with Gasteiger partial charge >= 0.3 is 0 Å². The van der Waals surface area contributed by atoms with Crippen LogP contribution < -0.4 is 5.32 Å². The molecule has 15 heavy (non-hydrogen) atoms. The SMILES string of the molecule is Cc1ccc(Cl)cc1NC(=O)C(C)(C)C. The van der Waals surface area contributed by atoms with Crippen LogP contribution >= 0.6 is 11.6 Å². The number of nitrogens with one attached hydrogen (secondary N) is 1. The third-order valence-electron chi connectivity index (χ3n) is 2.13. The molecule has 0 heterocycles. The second-order valence-electron chi connectivity index (χ2n) is 4.66. The van der Waals surface area contributed by atoms with Gasteiger partial charge in [0.2, 0.25) is 5.91 Å². The number of carbonyl (C=O) groups excluding carboxylic acids is 1. The van der Waals surface area contributed by atoms with Crippen LogP contribution in [0.3, 0.4) is 0 Å². The van der Waals surface area contributed by atoms with Gasteiger partial charge in [-0.1, -0.05) is 38.4 Å². The van der Waals surface area contributed by atoms with Crippen molar-refractivity contribution in [3.05, 3.63) is 28.8 Å². The summed E-state index contributed by atoms with van der Waals surface area (Å²) in [5.41, 5.74) is 1.40. The van der Waals surface area contributed by atoms with Crippen molar-refractivity contribution in [2.45, 2.75) is 27.7 Å². The Morgan fingerprint density at radius 2 is 1.93 bits per heavy atom. The van der Waals surface area contributed by atoms with Crippen molar-refractivity contribution in [3.63, 3.8) is 0 Å². The predicted molar refractivity (Wildman–Crippen MR) is 64.3 cm³/mol. The van der Waals surface area contributed by atoms with E-state index in [-0.39, 0.29) is 5.91 Å². The van der Waals surface area contributed by atoms with Crippen LogP contribution in [0.15, 0.2) is 18.2 Å². The highest BCUT2D eigenvalue weighted by molar-refractivity contribution is 6.31. The van der Waals surface area contributed by atoms with Crippen molar-refractivity contribution in [2.75, 3.05) is 5.32 Å². The molecule has 1 N–H and O–H groups in total. The summed E-state index contributed by atoms with van der Waals surface area (Å²) in [7, 11) is 0. The molecule has 0 aromatic heterocycles. The zero-order valence-electron chi connectivity index (χ0n) is 9.52. The molecule has 1 rings (SSSR count). The monoisotopic (exact) mass is 225 g/mol. The molecule has 1 amide bonds. The van der Waals surface area contributed by atoms with Crippen LogP contribution in [0.4, 0.5) is 5.69 Å². The van der Waals surface area contributed by atoms with Crippen LogP contribution in [0, 0.1) is 12.3 Å². The zero-order chi connectivity index (χ0) is 11.6. The molecular formula is C12H16ClNO. The average Bonchev–Trinajstić information content (AvgIpc) is 2.09. The number of hydrogen-bond acceptors (Lipinski definition) is 1. The highest BCUT2D eigenvalue weighted by atomic mass is 35.5. The van der Waals surface area contributed by atoms with Gasteiger partial charge in [0.05, 0.1) is 0 Å². The lowest BCUT2D eigenvalue weighted by molar-refractivity contribution is -0.123. The number of amides is 1. The number of halogens is 1. The standard InChI is InChI=1S/C12H16ClNO/c1-8-5-6-9(13)7-10(8)14-11(15)12(2,3)4/h5-7H,1-4H3,(H,14,15). The molecule has 0 aliphatic rings. The van der Waals surface area contributed by atoms with Gasteiger partial charge in [-0.25, -0.2) is 0 Å². The van der Waals surface area contributed by atoms with E-state index in [4.69, 9.17) is 11.6 Å². The van der Waals surface area contributed by atoms with Crippen molar-refractivity contribution in [1.82, 2.24) is 0 Å². The number of aryl methyl sites for hydroxylation is 1. The number of rotatable bonds is 1. The highest BCUT2D eigenvalue weighted by Gasteiger charge is 2.21. The Kier molecular flexibility index (Phi) is 3.40. The van der Waals surface area contributed by atoms with Crippen molar-refractivity contribution in [2.24, 2.45) is 5.41 Å². The quantitative estimate of drug-likeness (QED) is 0.777. The molecule has 1 aromatic rings. The third-order valence-corrected chi connectivity index (χ3v) is 2.36. The summed E-state index contributed by atoms with van der Waals surface area (Å²) in [5, 5.41) is 3.50. The molecule has 0 fully saturated rings. The van der Waals surface area contributed by atoms with E-state index in [1.54, 1.807) is 6.07 Å². The molecular weight excluding hydrogens is 210 g/mol. The second-order valence-corrected chi connectivity index (χ2v) is 5.10. The molecule has 3 heteroatoms. The zero-order valence-corrected chi connectivity index (χ0v) is 10.3. The lowest BCUT2D eigenvalue weighted by Gasteiger charge is -2.18. The average molecular weight is 226 g/mol. The minimum atomic E-state index is -0.394. The molecule has 82 valence electrons. The topological polar surface area (TPSA) is 29.1 Å². The van der Waals surface area contributed by atoms with Gasteiger partial charge in [0.15, 0.2) is 0 Å². The van der Waals surface area contributed by atoms with E-state index in [1.807, 2.05) is 39.8 Å². The van der Waals surface area contributed by atoms with E-state index in [2.05, 4.69) is 5.32 Å². The van der Waals surface area contributed by atoms with E-state index in [0.29, 0.717) is 5.02 Å². The largest absolute Gasteiger partial charge is 0.325 e. The molecule has 0 radical (unpaired) electrons. The van der Waals surface area contributed by atoms with E-state index in [9.17, 15) is 4.79 Å². The smallest absolute Gasteiger partial charge is 0.229 e.